The van der Waals surface area contributed by atoms with Crippen molar-refractivity contribution in [2.45, 2.75) is 6.92 Å². The maximum Gasteiger partial charge on any atom is 0.243 e. The Hall–Kier alpha value is -1.65. The lowest BCUT2D eigenvalue weighted by molar-refractivity contribution is 0.905. The fraction of sp³-hybridized carbons (Fsp3) is 0.167. The molecular formula is C6H7N5. The summed E-state index contributed by atoms with van der Waals surface area (Å²) in [6.07, 6.45) is 0. The second kappa shape index (κ2) is 1.91. The molecule has 0 amide bonds. The molecule has 0 bridgehead atoms. The zero-order valence-corrected chi connectivity index (χ0v) is 6.02. The molecule has 0 aromatic carbocycles. The van der Waals surface area contributed by atoms with E-state index in [0.29, 0.717) is 11.6 Å². The summed E-state index contributed by atoms with van der Waals surface area (Å²) in [7, 11) is 0. The van der Waals surface area contributed by atoms with Gasteiger partial charge in [-0.15, -0.1) is 10.2 Å². The minimum Gasteiger partial charge on any atom is -0.366 e. The highest BCUT2D eigenvalue weighted by Crippen LogP contribution is 2.02. The van der Waals surface area contributed by atoms with Crippen LogP contribution in [-0.2, 0) is 0 Å². The molecule has 0 fully saturated rings. The highest BCUT2D eigenvalue weighted by molar-refractivity contribution is 5.40. The monoisotopic (exact) mass is 149 g/mol. The molecule has 2 aromatic rings. The maximum absolute atomic E-state index is 5.47. The van der Waals surface area contributed by atoms with Crippen molar-refractivity contribution in [1.82, 2.24) is 19.8 Å². The van der Waals surface area contributed by atoms with Crippen molar-refractivity contribution in [2.75, 3.05) is 5.73 Å². The van der Waals surface area contributed by atoms with Gasteiger partial charge in [0.05, 0.1) is 5.69 Å². The number of anilines is 1. The fourth-order valence-corrected chi connectivity index (χ4v) is 0.897. The number of aromatic nitrogens is 4. The Balaban J connectivity index is 2.87. The van der Waals surface area contributed by atoms with Crippen LogP contribution in [0.4, 0.5) is 5.95 Å². The predicted molar refractivity (Wildman–Crippen MR) is 39.9 cm³/mol. The third-order valence-corrected chi connectivity index (χ3v) is 1.42. The number of hydrogen-bond donors (Lipinski definition) is 1. The Morgan fingerprint density at radius 3 is 3.00 bits per heavy atom. The van der Waals surface area contributed by atoms with Crippen LogP contribution < -0.4 is 5.73 Å². The minimum atomic E-state index is 0.323. The van der Waals surface area contributed by atoms with E-state index in [1.54, 1.807) is 0 Å². The standard InChI is InChI=1S/C6H7N5/c1-4-2-3-5-8-9-6(7)11(5)10-4/h2-3H,1H3,(H2,7,9). The summed E-state index contributed by atoms with van der Waals surface area (Å²) in [6, 6.07) is 3.69. The van der Waals surface area contributed by atoms with Crippen molar-refractivity contribution in [3.63, 3.8) is 0 Å². The summed E-state index contributed by atoms with van der Waals surface area (Å²) in [5.41, 5.74) is 7.04. The van der Waals surface area contributed by atoms with Gasteiger partial charge in [0.15, 0.2) is 5.65 Å². The number of nitrogens with zero attached hydrogens (tertiary/aromatic N) is 4. The lowest BCUT2D eigenvalue weighted by atomic mass is 10.4. The highest BCUT2D eigenvalue weighted by Gasteiger charge is 2.00. The summed E-state index contributed by atoms with van der Waals surface area (Å²) in [6.45, 7) is 1.89. The van der Waals surface area contributed by atoms with Gasteiger partial charge in [-0.05, 0) is 19.1 Å². The summed E-state index contributed by atoms with van der Waals surface area (Å²) >= 11 is 0. The molecule has 0 aliphatic heterocycles. The SMILES string of the molecule is Cc1ccc2nnc(N)n2n1. The van der Waals surface area contributed by atoms with Gasteiger partial charge in [-0.3, -0.25) is 0 Å². The van der Waals surface area contributed by atoms with Crippen molar-refractivity contribution in [3.05, 3.63) is 17.8 Å². The van der Waals surface area contributed by atoms with E-state index in [-0.39, 0.29) is 0 Å². The van der Waals surface area contributed by atoms with Crippen LogP contribution in [-0.4, -0.2) is 19.8 Å². The van der Waals surface area contributed by atoms with E-state index in [9.17, 15) is 0 Å². The average Bonchev–Trinajstić information content (AvgIpc) is 2.33. The van der Waals surface area contributed by atoms with Crippen LogP contribution in [0.15, 0.2) is 12.1 Å². The molecule has 2 heterocycles. The number of nitrogens with two attached hydrogens (primary N) is 1. The van der Waals surface area contributed by atoms with Crippen molar-refractivity contribution >= 4 is 11.6 Å². The van der Waals surface area contributed by atoms with Gasteiger partial charge in [0.2, 0.25) is 5.95 Å². The molecule has 0 saturated heterocycles. The Morgan fingerprint density at radius 2 is 2.18 bits per heavy atom. The summed E-state index contributed by atoms with van der Waals surface area (Å²) < 4.78 is 1.51. The van der Waals surface area contributed by atoms with Gasteiger partial charge in [-0.2, -0.15) is 9.61 Å². The summed E-state index contributed by atoms with van der Waals surface area (Å²) in [5.74, 6) is 0.323. The van der Waals surface area contributed by atoms with Gasteiger partial charge < -0.3 is 5.73 Å². The molecule has 2 aromatic heterocycles. The third-order valence-electron chi connectivity index (χ3n) is 1.42. The van der Waals surface area contributed by atoms with E-state index in [4.69, 9.17) is 5.73 Å². The molecule has 2 N–H and O–H groups in total. The van der Waals surface area contributed by atoms with E-state index >= 15 is 0 Å². The van der Waals surface area contributed by atoms with Crippen LogP contribution in [0.3, 0.4) is 0 Å². The molecule has 5 nitrogen and oxygen atoms in total. The van der Waals surface area contributed by atoms with Crippen molar-refractivity contribution in [3.8, 4) is 0 Å². The third kappa shape index (κ3) is 0.813. The topological polar surface area (TPSA) is 69.1 Å². The van der Waals surface area contributed by atoms with Crippen LogP contribution >= 0.6 is 0 Å². The first-order chi connectivity index (χ1) is 5.27. The van der Waals surface area contributed by atoms with Crippen molar-refractivity contribution in [2.24, 2.45) is 0 Å². The van der Waals surface area contributed by atoms with Crippen LogP contribution in [0.2, 0.25) is 0 Å². The Bertz CT molecular complexity index is 391. The van der Waals surface area contributed by atoms with E-state index < -0.39 is 0 Å². The van der Waals surface area contributed by atoms with Gasteiger partial charge in [-0.25, -0.2) is 0 Å². The molecule has 0 radical (unpaired) electrons. The van der Waals surface area contributed by atoms with E-state index in [1.807, 2.05) is 19.1 Å². The molecule has 56 valence electrons. The van der Waals surface area contributed by atoms with E-state index in [2.05, 4.69) is 15.3 Å². The van der Waals surface area contributed by atoms with Crippen LogP contribution in [0.1, 0.15) is 5.69 Å². The molecule has 0 saturated carbocycles. The average molecular weight is 149 g/mol. The van der Waals surface area contributed by atoms with Crippen LogP contribution in [0.25, 0.3) is 5.65 Å². The molecule has 0 aliphatic rings. The highest BCUT2D eigenvalue weighted by atomic mass is 15.4. The normalized spacial score (nSPS) is 10.6. The molecule has 5 heteroatoms. The smallest absolute Gasteiger partial charge is 0.243 e. The van der Waals surface area contributed by atoms with Crippen LogP contribution in [0.5, 0.6) is 0 Å². The lowest BCUT2D eigenvalue weighted by Crippen LogP contribution is -1.98. The number of rotatable bonds is 0. The number of fused-ring (bicyclic) bond motifs is 1. The zero-order chi connectivity index (χ0) is 7.84. The number of aryl methyl sites for hydroxylation is 1. The predicted octanol–water partition coefficient (Wildman–Crippen LogP) is 0.0149. The number of hydrogen-bond acceptors (Lipinski definition) is 4. The van der Waals surface area contributed by atoms with Gasteiger partial charge >= 0.3 is 0 Å². The molecule has 0 spiro atoms. The molecule has 0 atom stereocenters. The summed E-state index contributed by atoms with van der Waals surface area (Å²) in [4.78, 5) is 0. The first kappa shape index (κ1) is 6.09. The Kier molecular flexibility index (Phi) is 1.06. The van der Waals surface area contributed by atoms with Crippen molar-refractivity contribution < 1.29 is 0 Å². The van der Waals surface area contributed by atoms with E-state index in [0.717, 1.165) is 5.69 Å². The second-order valence-corrected chi connectivity index (χ2v) is 2.30. The van der Waals surface area contributed by atoms with Gasteiger partial charge in [0.1, 0.15) is 0 Å². The fourth-order valence-electron chi connectivity index (χ4n) is 0.897. The minimum absolute atomic E-state index is 0.323. The van der Waals surface area contributed by atoms with Gasteiger partial charge in [-0.1, -0.05) is 0 Å². The molecule has 0 unspecified atom stereocenters. The Morgan fingerprint density at radius 1 is 1.36 bits per heavy atom. The van der Waals surface area contributed by atoms with Gasteiger partial charge in [0, 0.05) is 0 Å². The maximum atomic E-state index is 5.47. The lowest BCUT2D eigenvalue weighted by Gasteiger charge is -1.93. The molecule has 2 rings (SSSR count). The Labute approximate surface area is 62.9 Å². The van der Waals surface area contributed by atoms with E-state index in [1.165, 1.54) is 4.52 Å². The van der Waals surface area contributed by atoms with Crippen LogP contribution in [0, 0.1) is 6.92 Å². The first-order valence-electron chi connectivity index (χ1n) is 3.22. The van der Waals surface area contributed by atoms with Gasteiger partial charge in [0.25, 0.3) is 0 Å². The number of nitrogen functional groups attached to an aromatic ring is 1. The molecule has 11 heavy (non-hydrogen) atoms. The van der Waals surface area contributed by atoms with Crippen molar-refractivity contribution in [1.29, 1.82) is 0 Å². The molecule has 0 aliphatic carbocycles. The molecular weight excluding hydrogens is 142 g/mol. The zero-order valence-electron chi connectivity index (χ0n) is 6.02. The second-order valence-electron chi connectivity index (χ2n) is 2.30. The first-order valence-corrected chi connectivity index (χ1v) is 3.22. The summed E-state index contributed by atoms with van der Waals surface area (Å²) in [5, 5.41) is 11.6. The quantitative estimate of drug-likeness (QED) is 0.573. The largest absolute Gasteiger partial charge is 0.366 e.